The summed E-state index contributed by atoms with van der Waals surface area (Å²) in [6.45, 7) is 0.0876. The predicted molar refractivity (Wildman–Crippen MR) is 97.5 cm³/mol. The van der Waals surface area contributed by atoms with E-state index in [0.29, 0.717) is 17.7 Å². The second-order valence-corrected chi connectivity index (χ2v) is 6.31. The lowest BCUT2D eigenvalue weighted by molar-refractivity contribution is -0.133. The number of rotatable bonds is 4. The van der Waals surface area contributed by atoms with Crippen LogP contribution in [0.1, 0.15) is 23.6 Å². The number of carbonyl (C=O) groups is 1. The van der Waals surface area contributed by atoms with Gasteiger partial charge in [-0.15, -0.1) is 0 Å². The van der Waals surface area contributed by atoms with Gasteiger partial charge in [0.2, 0.25) is 0 Å². The molecule has 0 bridgehead atoms. The molecule has 0 radical (unpaired) electrons. The minimum absolute atomic E-state index is 0.0876. The van der Waals surface area contributed by atoms with Crippen LogP contribution in [0.15, 0.2) is 72.4 Å². The Kier molecular flexibility index (Phi) is 4.42. The fourth-order valence-electron chi connectivity index (χ4n) is 3.18. The number of phenols is 1. The molecule has 4 rings (SSSR count). The fourth-order valence-corrected chi connectivity index (χ4v) is 3.18. The lowest BCUT2D eigenvalue weighted by Gasteiger charge is -2.22. The van der Waals surface area contributed by atoms with Crippen LogP contribution in [0.25, 0.3) is 0 Å². The van der Waals surface area contributed by atoms with Crippen LogP contribution in [0, 0.1) is 5.82 Å². The van der Waals surface area contributed by atoms with Gasteiger partial charge in [-0.25, -0.2) is 14.4 Å². The van der Waals surface area contributed by atoms with Crippen molar-refractivity contribution in [2.75, 3.05) is 0 Å². The van der Waals surface area contributed by atoms with Gasteiger partial charge in [0, 0.05) is 24.4 Å². The standard InChI is InChI=1S/C20H17FN4O2/c21-15-7-5-14(6-8-15)17-11-18(16-3-1-2-4-19(16)26)25(23-17)20(27)12-24-10-9-22-13-24/h1-10,13,18,26H,11-12H2. The van der Waals surface area contributed by atoms with Crippen molar-refractivity contribution < 1.29 is 14.3 Å². The number of carbonyl (C=O) groups excluding carboxylic acids is 1. The molecule has 1 N–H and O–H groups in total. The Morgan fingerprint density at radius 2 is 1.96 bits per heavy atom. The quantitative estimate of drug-likeness (QED) is 0.773. The van der Waals surface area contributed by atoms with E-state index >= 15 is 0 Å². The first-order valence-corrected chi connectivity index (χ1v) is 8.51. The number of benzene rings is 2. The van der Waals surface area contributed by atoms with Crippen molar-refractivity contribution >= 4 is 11.6 Å². The summed E-state index contributed by atoms with van der Waals surface area (Å²) in [4.78, 5) is 16.8. The minimum atomic E-state index is -0.428. The Morgan fingerprint density at radius 1 is 1.19 bits per heavy atom. The van der Waals surface area contributed by atoms with Crippen LogP contribution >= 0.6 is 0 Å². The third-order valence-electron chi connectivity index (χ3n) is 4.52. The van der Waals surface area contributed by atoms with E-state index in [1.807, 2.05) is 6.07 Å². The first-order chi connectivity index (χ1) is 13.1. The van der Waals surface area contributed by atoms with Gasteiger partial charge in [0.15, 0.2) is 0 Å². The van der Waals surface area contributed by atoms with Gasteiger partial charge in [-0.2, -0.15) is 5.10 Å². The van der Waals surface area contributed by atoms with Gasteiger partial charge in [0.25, 0.3) is 5.91 Å². The zero-order valence-corrected chi connectivity index (χ0v) is 14.4. The Bertz CT molecular complexity index is 983. The summed E-state index contributed by atoms with van der Waals surface area (Å²) in [7, 11) is 0. The van der Waals surface area contributed by atoms with Gasteiger partial charge in [-0.1, -0.05) is 30.3 Å². The van der Waals surface area contributed by atoms with Crippen LogP contribution in [0.5, 0.6) is 5.75 Å². The average molecular weight is 364 g/mol. The van der Waals surface area contributed by atoms with Crippen molar-refractivity contribution in [1.29, 1.82) is 0 Å². The molecule has 0 spiro atoms. The molecule has 2 heterocycles. The number of hydrogen-bond donors (Lipinski definition) is 1. The van der Waals surface area contributed by atoms with E-state index < -0.39 is 6.04 Å². The lowest BCUT2D eigenvalue weighted by atomic mass is 9.97. The molecule has 0 aliphatic carbocycles. The van der Waals surface area contributed by atoms with Crippen molar-refractivity contribution in [3.8, 4) is 5.75 Å². The van der Waals surface area contributed by atoms with E-state index in [1.54, 1.807) is 53.6 Å². The first kappa shape index (κ1) is 17.0. The molecule has 136 valence electrons. The molecule has 0 fully saturated rings. The smallest absolute Gasteiger partial charge is 0.263 e. The molecule has 3 aromatic rings. The van der Waals surface area contributed by atoms with Gasteiger partial charge in [0.05, 0.1) is 18.1 Å². The first-order valence-electron chi connectivity index (χ1n) is 8.51. The van der Waals surface area contributed by atoms with Gasteiger partial charge in [-0.05, 0) is 23.8 Å². The monoisotopic (exact) mass is 364 g/mol. The summed E-state index contributed by atoms with van der Waals surface area (Å²) in [6, 6.07) is 12.5. The van der Waals surface area contributed by atoms with Gasteiger partial charge in [0.1, 0.15) is 18.1 Å². The highest BCUT2D eigenvalue weighted by atomic mass is 19.1. The maximum absolute atomic E-state index is 13.2. The predicted octanol–water partition coefficient (Wildman–Crippen LogP) is 3.11. The van der Waals surface area contributed by atoms with Crippen LogP contribution in [-0.2, 0) is 11.3 Å². The van der Waals surface area contributed by atoms with Crippen molar-refractivity contribution in [1.82, 2.24) is 14.6 Å². The zero-order valence-electron chi connectivity index (χ0n) is 14.4. The fraction of sp³-hybridized carbons (Fsp3) is 0.150. The molecule has 27 heavy (non-hydrogen) atoms. The largest absolute Gasteiger partial charge is 0.508 e. The van der Waals surface area contributed by atoms with E-state index in [-0.39, 0.29) is 24.0 Å². The van der Waals surface area contributed by atoms with E-state index in [4.69, 9.17) is 0 Å². The highest BCUT2D eigenvalue weighted by Crippen LogP contribution is 2.37. The van der Waals surface area contributed by atoms with Crippen LogP contribution in [0.3, 0.4) is 0 Å². The zero-order chi connectivity index (χ0) is 18.8. The summed E-state index contributed by atoms with van der Waals surface area (Å²) in [6.07, 6.45) is 5.30. The second kappa shape index (κ2) is 7.03. The number of aromatic hydroxyl groups is 1. The van der Waals surface area contributed by atoms with Gasteiger partial charge < -0.3 is 9.67 Å². The van der Waals surface area contributed by atoms with E-state index in [1.165, 1.54) is 17.1 Å². The highest BCUT2D eigenvalue weighted by Gasteiger charge is 2.34. The number of phenolic OH excluding ortho intramolecular Hbond substituents is 1. The summed E-state index contributed by atoms with van der Waals surface area (Å²) in [5.41, 5.74) is 2.04. The summed E-state index contributed by atoms with van der Waals surface area (Å²) >= 11 is 0. The number of amides is 1. The molecule has 1 aromatic heterocycles. The molecule has 0 saturated carbocycles. The molecule has 0 saturated heterocycles. The Morgan fingerprint density at radius 3 is 2.67 bits per heavy atom. The van der Waals surface area contributed by atoms with Crippen LogP contribution < -0.4 is 0 Å². The molecule has 1 aliphatic rings. The SMILES string of the molecule is O=C(Cn1ccnc1)N1N=C(c2ccc(F)cc2)CC1c1ccccc1O. The number of para-hydroxylation sites is 1. The number of hydrogen-bond acceptors (Lipinski definition) is 4. The Balaban J connectivity index is 1.68. The number of hydrazone groups is 1. The van der Waals surface area contributed by atoms with E-state index in [2.05, 4.69) is 10.1 Å². The summed E-state index contributed by atoms with van der Waals surface area (Å²) in [5.74, 6) is -0.445. The molecule has 1 atom stereocenters. The average Bonchev–Trinajstić information content (AvgIpc) is 3.32. The van der Waals surface area contributed by atoms with Crippen molar-refractivity contribution in [3.05, 3.63) is 84.2 Å². The van der Waals surface area contributed by atoms with E-state index in [0.717, 1.165) is 5.56 Å². The third-order valence-corrected chi connectivity index (χ3v) is 4.52. The molecule has 1 unspecified atom stereocenters. The molecule has 7 heteroatoms. The summed E-state index contributed by atoms with van der Waals surface area (Å²) < 4.78 is 14.9. The maximum Gasteiger partial charge on any atom is 0.263 e. The van der Waals surface area contributed by atoms with Crippen LogP contribution in [-0.4, -0.2) is 31.3 Å². The molecule has 6 nitrogen and oxygen atoms in total. The lowest BCUT2D eigenvalue weighted by Crippen LogP contribution is -2.30. The molecule has 1 aliphatic heterocycles. The van der Waals surface area contributed by atoms with Crippen LogP contribution in [0.2, 0.25) is 0 Å². The molecule has 2 aromatic carbocycles. The number of imidazole rings is 1. The maximum atomic E-state index is 13.2. The normalized spacial score (nSPS) is 16.4. The molecular weight excluding hydrogens is 347 g/mol. The topological polar surface area (TPSA) is 70.7 Å². The van der Waals surface area contributed by atoms with Gasteiger partial charge >= 0.3 is 0 Å². The minimum Gasteiger partial charge on any atom is -0.508 e. The second-order valence-electron chi connectivity index (χ2n) is 6.31. The van der Waals surface area contributed by atoms with E-state index in [9.17, 15) is 14.3 Å². The highest BCUT2D eigenvalue weighted by molar-refractivity contribution is 6.03. The molecule has 1 amide bonds. The third kappa shape index (κ3) is 3.44. The van der Waals surface area contributed by atoms with Crippen molar-refractivity contribution in [3.63, 3.8) is 0 Å². The Labute approximate surface area is 155 Å². The molecular formula is C20H17FN4O2. The van der Waals surface area contributed by atoms with Crippen molar-refractivity contribution in [2.45, 2.75) is 19.0 Å². The number of aromatic nitrogens is 2. The number of halogens is 1. The number of nitrogens with zero attached hydrogens (tertiary/aromatic N) is 4. The van der Waals surface area contributed by atoms with Gasteiger partial charge in [-0.3, -0.25) is 4.79 Å². The van der Waals surface area contributed by atoms with Crippen LogP contribution in [0.4, 0.5) is 4.39 Å². The summed E-state index contributed by atoms with van der Waals surface area (Å²) in [5, 5.41) is 16.2. The Hall–Kier alpha value is -3.48. The van der Waals surface area contributed by atoms with Crippen molar-refractivity contribution in [2.24, 2.45) is 5.10 Å².